The third-order valence-corrected chi connectivity index (χ3v) is 14.7. The van der Waals surface area contributed by atoms with Crippen molar-refractivity contribution >= 4 is 11.9 Å². The van der Waals surface area contributed by atoms with Crippen molar-refractivity contribution in [3.63, 3.8) is 0 Å². The number of rotatable bonds is 53. The summed E-state index contributed by atoms with van der Waals surface area (Å²) in [5, 5.41) is 57.0. The quantitative estimate of drug-likeness (QED) is 0.0195. The molecule has 11 nitrogen and oxygen atoms in total. The van der Waals surface area contributed by atoms with Crippen LogP contribution in [-0.2, 0) is 23.8 Å². The van der Waals surface area contributed by atoms with Gasteiger partial charge in [0.1, 0.15) is 24.4 Å². The van der Waals surface area contributed by atoms with Crippen molar-refractivity contribution in [1.29, 1.82) is 0 Å². The van der Waals surface area contributed by atoms with E-state index in [0.29, 0.717) is 12.8 Å². The van der Waals surface area contributed by atoms with Crippen LogP contribution in [0.4, 0.5) is 0 Å². The maximum Gasteiger partial charge on any atom is 0.306 e. The molecule has 0 bridgehead atoms. The maximum absolute atomic E-state index is 13.4. The summed E-state index contributed by atoms with van der Waals surface area (Å²) in [5.74, 6) is -1.20. The molecule has 0 aromatic heterocycles. The lowest BCUT2D eigenvalue weighted by Crippen LogP contribution is -2.61. The first-order valence-corrected chi connectivity index (χ1v) is 31.6. The molecule has 1 rings (SSSR count). The number of hydrogen-bond acceptors (Lipinski definition) is 10. The molecule has 0 radical (unpaired) electrons. The van der Waals surface area contributed by atoms with Gasteiger partial charge in [-0.25, -0.2) is 0 Å². The molecule has 11 heteroatoms. The number of ether oxygens (including phenoxy) is 3. The molecule has 0 saturated carbocycles. The van der Waals surface area contributed by atoms with Gasteiger partial charge in [0, 0.05) is 6.42 Å². The Morgan fingerprint density at radius 3 is 1.43 bits per heavy atom. The molecule has 1 heterocycles. The van der Waals surface area contributed by atoms with Gasteiger partial charge in [-0.3, -0.25) is 9.59 Å². The van der Waals surface area contributed by atoms with Crippen molar-refractivity contribution in [2.24, 2.45) is 0 Å². The van der Waals surface area contributed by atoms with Crippen molar-refractivity contribution < 1.29 is 49.3 Å². The highest BCUT2D eigenvalue weighted by molar-refractivity contribution is 5.80. The molecular formula is C65H117NO10. The summed E-state index contributed by atoms with van der Waals surface area (Å²) in [5.41, 5.74) is 0. The van der Waals surface area contributed by atoms with Crippen molar-refractivity contribution in [3.05, 3.63) is 60.8 Å². The molecule has 1 aliphatic heterocycles. The number of nitrogens with one attached hydrogen (secondary N) is 1. The Hall–Kier alpha value is -2.64. The van der Waals surface area contributed by atoms with Gasteiger partial charge in [-0.2, -0.15) is 0 Å². The standard InChI is InChI=1S/C65H117NO10/c1-4-7-10-13-16-19-22-25-27-28-29-30-31-32-34-37-40-43-46-49-52-58(69)64(73)66-56(57(68)51-48-45-42-39-36-33-24-21-18-15-12-9-6-3)55-74-65-63(62(72)61(71)59(54-67)75-65)76-60(70)53-50-47-44-41-38-35-26-23-20-17-14-11-8-5-2/h8,11,16-17,19-20,25,27,48,51,56-59,61-63,65,67-69,71-72H,4-7,9-10,12-15,18,21-24,26,28-47,49-50,52-55H2,1-3H3,(H,66,73)/b11-8+,19-16-,20-17+,27-25-,51-48+. The molecule has 0 spiro atoms. The van der Waals surface area contributed by atoms with Crippen LogP contribution in [-0.4, -0.2) is 99.6 Å². The Bertz CT molecular complexity index is 1460. The van der Waals surface area contributed by atoms with Crippen LogP contribution in [0.2, 0.25) is 0 Å². The zero-order valence-corrected chi connectivity index (χ0v) is 48.9. The molecule has 8 unspecified atom stereocenters. The lowest BCUT2D eigenvalue weighted by Gasteiger charge is -2.41. The third-order valence-electron chi connectivity index (χ3n) is 14.7. The fourth-order valence-electron chi connectivity index (χ4n) is 9.66. The number of hydrogen-bond donors (Lipinski definition) is 6. The first-order valence-electron chi connectivity index (χ1n) is 31.6. The van der Waals surface area contributed by atoms with E-state index in [4.69, 9.17) is 14.2 Å². The van der Waals surface area contributed by atoms with E-state index < -0.39 is 67.4 Å². The zero-order chi connectivity index (χ0) is 55.4. The highest BCUT2D eigenvalue weighted by Gasteiger charge is 2.47. The minimum Gasteiger partial charge on any atom is -0.454 e. The van der Waals surface area contributed by atoms with Gasteiger partial charge in [0.25, 0.3) is 0 Å². The molecule has 0 aromatic rings. The van der Waals surface area contributed by atoms with E-state index in [1.165, 1.54) is 135 Å². The number of carbonyl (C=O) groups is 2. The number of amides is 1. The minimum absolute atomic E-state index is 0.114. The summed E-state index contributed by atoms with van der Waals surface area (Å²) >= 11 is 0. The Kier molecular flexibility index (Phi) is 49.8. The van der Waals surface area contributed by atoms with E-state index in [1.54, 1.807) is 6.08 Å². The number of carbonyl (C=O) groups excluding carboxylic acids is 2. The zero-order valence-electron chi connectivity index (χ0n) is 48.9. The van der Waals surface area contributed by atoms with Crippen LogP contribution in [0.25, 0.3) is 0 Å². The van der Waals surface area contributed by atoms with Gasteiger partial charge in [-0.15, -0.1) is 0 Å². The fraction of sp³-hybridized carbons (Fsp3) is 0.815. The van der Waals surface area contributed by atoms with E-state index in [1.807, 2.05) is 6.08 Å². The molecule has 1 aliphatic rings. The van der Waals surface area contributed by atoms with Gasteiger partial charge >= 0.3 is 5.97 Å². The molecule has 1 saturated heterocycles. The van der Waals surface area contributed by atoms with Crippen LogP contribution >= 0.6 is 0 Å². The lowest BCUT2D eigenvalue weighted by molar-refractivity contribution is -0.305. The molecule has 1 fully saturated rings. The van der Waals surface area contributed by atoms with E-state index in [2.05, 4.69) is 74.7 Å². The second-order valence-electron chi connectivity index (χ2n) is 21.8. The Morgan fingerprint density at radius 2 is 0.947 bits per heavy atom. The lowest BCUT2D eigenvalue weighted by atomic mass is 9.99. The summed E-state index contributed by atoms with van der Waals surface area (Å²) < 4.78 is 17.6. The molecule has 442 valence electrons. The number of allylic oxidation sites excluding steroid dienone is 9. The average molecular weight is 1070 g/mol. The van der Waals surface area contributed by atoms with Crippen molar-refractivity contribution in [2.45, 2.75) is 327 Å². The van der Waals surface area contributed by atoms with E-state index in [9.17, 15) is 35.1 Å². The van der Waals surface area contributed by atoms with Gasteiger partial charge in [0.15, 0.2) is 12.4 Å². The highest BCUT2D eigenvalue weighted by atomic mass is 16.7. The van der Waals surface area contributed by atoms with Crippen molar-refractivity contribution in [1.82, 2.24) is 5.32 Å². The molecule has 76 heavy (non-hydrogen) atoms. The van der Waals surface area contributed by atoms with Gasteiger partial charge in [-0.1, -0.05) is 248 Å². The molecular weight excluding hydrogens is 955 g/mol. The molecule has 0 aliphatic carbocycles. The Labute approximate surface area is 465 Å². The minimum atomic E-state index is -1.62. The first kappa shape index (κ1) is 71.4. The summed E-state index contributed by atoms with van der Waals surface area (Å²) in [7, 11) is 0. The third kappa shape index (κ3) is 40.5. The highest BCUT2D eigenvalue weighted by Crippen LogP contribution is 2.26. The van der Waals surface area contributed by atoms with Gasteiger partial charge in [0.05, 0.1) is 25.4 Å². The van der Waals surface area contributed by atoms with E-state index in [-0.39, 0.29) is 19.4 Å². The van der Waals surface area contributed by atoms with Crippen LogP contribution in [0.15, 0.2) is 60.8 Å². The summed E-state index contributed by atoms with van der Waals surface area (Å²) in [6.45, 7) is 5.67. The van der Waals surface area contributed by atoms with Crippen LogP contribution in [0.5, 0.6) is 0 Å². The average Bonchev–Trinajstić information content (AvgIpc) is 3.42. The number of aliphatic hydroxyl groups excluding tert-OH is 5. The van der Waals surface area contributed by atoms with Crippen LogP contribution < -0.4 is 5.32 Å². The van der Waals surface area contributed by atoms with Gasteiger partial charge in [-0.05, 0) is 83.5 Å². The molecule has 0 aromatic carbocycles. The van der Waals surface area contributed by atoms with Crippen molar-refractivity contribution in [2.75, 3.05) is 13.2 Å². The summed E-state index contributed by atoms with van der Waals surface area (Å²) in [4.78, 5) is 26.5. The van der Waals surface area contributed by atoms with E-state index in [0.717, 1.165) is 96.3 Å². The van der Waals surface area contributed by atoms with Crippen LogP contribution in [0.1, 0.15) is 278 Å². The molecule has 8 atom stereocenters. The SMILES string of the molecule is CC/C=C/C/C=C/CCCCCCCCCC(=O)OC1C(OCC(NC(=O)C(O)CCCCCCCCCCCC/C=C\C/C=C\CCCCC)C(O)/C=C/CCCCCCCCCCCCC)OC(CO)C(O)C1O. The first-order chi connectivity index (χ1) is 37.2. The largest absolute Gasteiger partial charge is 0.454 e. The second-order valence-corrected chi connectivity index (χ2v) is 21.8. The predicted molar refractivity (Wildman–Crippen MR) is 315 cm³/mol. The number of aliphatic hydroxyl groups is 5. The molecule has 6 N–H and O–H groups in total. The monoisotopic (exact) mass is 1070 g/mol. The summed E-state index contributed by atoms with van der Waals surface area (Å²) in [6, 6.07) is -1.03. The second kappa shape index (κ2) is 53.0. The van der Waals surface area contributed by atoms with Crippen molar-refractivity contribution in [3.8, 4) is 0 Å². The maximum atomic E-state index is 13.4. The van der Waals surface area contributed by atoms with Crippen LogP contribution in [0.3, 0.4) is 0 Å². The molecule has 1 amide bonds. The number of esters is 1. The van der Waals surface area contributed by atoms with Gasteiger partial charge in [0.2, 0.25) is 5.91 Å². The topological polar surface area (TPSA) is 175 Å². The van der Waals surface area contributed by atoms with Gasteiger partial charge < -0.3 is 45.1 Å². The smallest absolute Gasteiger partial charge is 0.306 e. The normalized spacial score (nSPS) is 19.5. The van der Waals surface area contributed by atoms with E-state index >= 15 is 0 Å². The van der Waals surface area contributed by atoms with Crippen LogP contribution in [0, 0.1) is 0 Å². The number of unbranched alkanes of at least 4 members (excludes halogenated alkanes) is 31. The fourth-order valence-corrected chi connectivity index (χ4v) is 9.66. The summed E-state index contributed by atoms with van der Waals surface area (Å²) in [6.07, 6.45) is 55.4. The predicted octanol–water partition coefficient (Wildman–Crippen LogP) is 15.0. The Balaban J connectivity index is 2.67. The Morgan fingerprint density at radius 1 is 0.526 bits per heavy atom.